The maximum atomic E-state index is 14.3. The number of hydrogen-bond donors (Lipinski definition) is 2. The molecule has 28 heavy (non-hydrogen) atoms. The van der Waals surface area contributed by atoms with Crippen molar-refractivity contribution in [2.24, 2.45) is 0 Å². The molecule has 1 aromatic heterocycles. The molecule has 4 nitrogen and oxygen atoms in total. The van der Waals surface area contributed by atoms with Crippen LogP contribution >= 0.6 is 11.6 Å². The summed E-state index contributed by atoms with van der Waals surface area (Å²) < 4.78 is 14.3. The van der Waals surface area contributed by atoms with Crippen molar-refractivity contribution in [2.75, 3.05) is 5.32 Å². The van der Waals surface area contributed by atoms with Crippen LogP contribution in [0.3, 0.4) is 0 Å². The van der Waals surface area contributed by atoms with E-state index in [9.17, 15) is 9.18 Å². The molecule has 140 valence electrons. The van der Waals surface area contributed by atoms with E-state index < -0.39 is 0 Å². The van der Waals surface area contributed by atoms with Gasteiger partial charge >= 0.3 is 0 Å². The zero-order chi connectivity index (χ0) is 19.7. The first-order chi connectivity index (χ1) is 13.5. The summed E-state index contributed by atoms with van der Waals surface area (Å²) in [7, 11) is 0. The highest BCUT2D eigenvalue weighted by Crippen LogP contribution is 2.32. The molecule has 1 heterocycles. The Hall–Kier alpha value is -3.18. The van der Waals surface area contributed by atoms with Gasteiger partial charge in [-0.3, -0.25) is 9.89 Å². The number of anilines is 1. The maximum Gasteiger partial charge on any atom is 0.230 e. The third-order valence-corrected chi connectivity index (χ3v) is 4.86. The number of halogens is 2. The highest BCUT2D eigenvalue weighted by molar-refractivity contribution is 6.30. The van der Waals surface area contributed by atoms with Gasteiger partial charge in [0.25, 0.3) is 0 Å². The molecule has 1 amide bonds. The number of aryl methyl sites for hydroxylation is 1. The number of rotatable bonds is 4. The Labute approximate surface area is 166 Å². The number of hydrogen-bond acceptors (Lipinski definition) is 2. The highest BCUT2D eigenvalue weighted by atomic mass is 35.5. The van der Waals surface area contributed by atoms with Gasteiger partial charge in [0.15, 0.2) is 5.82 Å². The van der Waals surface area contributed by atoms with Gasteiger partial charge in [0.2, 0.25) is 5.91 Å². The van der Waals surface area contributed by atoms with Gasteiger partial charge in [0.1, 0.15) is 5.82 Å². The van der Waals surface area contributed by atoms with E-state index in [2.05, 4.69) is 15.5 Å². The lowest BCUT2D eigenvalue weighted by Gasteiger charge is -2.09. The van der Waals surface area contributed by atoms with Crippen LogP contribution in [-0.4, -0.2) is 16.1 Å². The minimum Gasteiger partial charge on any atom is -0.308 e. The van der Waals surface area contributed by atoms with Crippen LogP contribution < -0.4 is 5.32 Å². The van der Waals surface area contributed by atoms with E-state index in [1.165, 1.54) is 6.07 Å². The zero-order valence-electron chi connectivity index (χ0n) is 15.1. The van der Waals surface area contributed by atoms with Crippen molar-refractivity contribution in [3.63, 3.8) is 0 Å². The first kappa shape index (κ1) is 18.2. The van der Waals surface area contributed by atoms with Gasteiger partial charge in [0.05, 0.1) is 11.9 Å². The van der Waals surface area contributed by atoms with Crippen molar-refractivity contribution < 1.29 is 9.18 Å². The first-order valence-corrected chi connectivity index (χ1v) is 9.17. The summed E-state index contributed by atoms with van der Waals surface area (Å²) >= 11 is 5.88. The summed E-state index contributed by atoms with van der Waals surface area (Å²) in [4.78, 5) is 12.4. The van der Waals surface area contributed by atoms with Gasteiger partial charge in [-0.15, -0.1) is 0 Å². The molecule has 0 saturated carbocycles. The normalized spacial score (nSPS) is 11.0. The summed E-state index contributed by atoms with van der Waals surface area (Å²) in [5, 5.41) is 11.3. The lowest BCUT2D eigenvalue weighted by molar-refractivity contribution is -0.115. The van der Waals surface area contributed by atoms with Gasteiger partial charge in [0, 0.05) is 16.0 Å². The van der Waals surface area contributed by atoms with E-state index in [0.717, 1.165) is 27.6 Å². The first-order valence-electron chi connectivity index (χ1n) is 8.79. The molecule has 0 fully saturated rings. The van der Waals surface area contributed by atoms with E-state index in [-0.39, 0.29) is 18.1 Å². The van der Waals surface area contributed by atoms with Crippen molar-refractivity contribution in [1.29, 1.82) is 0 Å². The average Bonchev–Trinajstić information content (AvgIpc) is 3.05. The van der Waals surface area contributed by atoms with Crippen molar-refractivity contribution >= 4 is 34.2 Å². The number of aromatic amines is 1. The Kier molecular flexibility index (Phi) is 4.84. The molecular formula is C22H17ClFN3O. The monoisotopic (exact) mass is 393 g/mol. The third kappa shape index (κ3) is 3.62. The second-order valence-electron chi connectivity index (χ2n) is 6.62. The summed E-state index contributed by atoms with van der Waals surface area (Å²) in [6, 6.07) is 17.5. The van der Waals surface area contributed by atoms with E-state index in [1.54, 1.807) is 30.3 Å². The number of fused-ring (bicyclic) bond motifs is 1. The van der Waals surface area contributed by atoms with Crippen LogP contribution in [0.1, 0.15) is 11.1 Å². The second kappa shape index (κ2) is 7.44. The third-order valence-electron chi connectivity index (χ3n) is 4.61. The number of carbonyl (C=O) groups excluding carboxylic acids is 1. The minimum absolute atomic E-state index is 0.191. The molecule has 2 N–H and O–H groups in total. The Bertz CT molecular complexity index is 1170. The van der Waals surface area contributed by atoms with Crippen molar-refractivity contribution in [3.8, 4) is 11.1 Å². The van der Waals surface area contributed by atoms with Crippen LogP contribution in [0, 0.1) is 12.7 Å². The minimum atomic E-state index is -0.290. The topological polar surface area (TPSA) is 57.8 Å². The zero-order valence-corrected chi connectivity index (χ0v) is 15.8. The summed E-state index contributed by atoms with van der Waals surface area (Å²) in [5.74, 6) is -0.0583. The fraction of sp³-hybridized carbons (Fsp3) is 0.0909. The summed E-state index contributed by atoms with van der Waals surface area (Å²) in [6.07, 6.45) is 0.206. The number of H-pyrrole nitrogens is 1. The molecule has 0 atom stereocenters. The number of aromatic nitrogens is 2. The van der Waals surface area contributed by atoms with Crippen LogP contribution in [0.25, 0.3) is 22.0 Å². The average molecular weight is 394 g/mol. The standard InChI is InChI=1S/C22H17ClFN3O/c1-13-10-20-18(12-17(13)16-4-2-3-5-19(16)24)22(27-26-20)25-21(28)11-14-6-8-15(23)9-7-14/h2-10,12H,11H2,1H3,(H2,25,26,27,28). The molecule has 0 aliphatic carbocycles. The SMILES string of the molecule is Cc1cc2[nH]nc(NC(=O)Cc3ccc(Cl)cc3)c2cc1-c1ccccc1F. The van der Waals surface area contributed by atoms with Crippen LogP contribution in [0.15, 0.2) is 60.7 Å². The molecule has 6 heteroatoms. The number of amides is 1. The lowest BCUT2D eigenvalue weighted by Crippen LogP contribution is -2.14. The molecule has 0 unspecified atom stereocenters. The maximum absolute atomic E-state index is 14.3. The second-order valence-corrected chi connectivity index (χ2v) is 7.05. The fourth-order valence-electron chi connectivity index (χ4n) is 3.20. The van der Waals surface area contributed by atoms with Crippen LogP contribution in [0.2, 0.25) is 5.02 Å². The van der Waals surface area contributed by atoms with Gasteiger partial charge in [-0.25, -0.2) is 4.39 Å². The molecule has 0 bridgehead atoms. The Morgan fingerprint density at radius 1 is 1.11 bits per heavy atom. The number of benzene rings is 3. The summed E-state index contributed by atoms with van der Waals surface area (Å²) in [6.45, 7) is 1.92. The van der Waals surface area contributed by atoms with Gasteiger partial charge in [-0.2, -0.15) is 5.10 Å². The molecule has 0 aliphatic rings. The van der Waals surface area contributed by atoms with Crippen molar-refractivity contribution in [3.05, 3.63) is 82.6 Å². The fourth-order valence-corrected chi connectivity index (χ4v) is 3.33. The molecule has 0 spiro atoms. The van der Waals surface area contributed by atoms with E-state index in [1.807, 2.05) is 31.2 Å². The molecule has 4 rings (SSSR count). The number of nitrogens with one attached hydrogen (secondary N) is 2. The van der Waals surface area contributed by atoms with E-state index in [4.69, 9.17) is 11.6 Å². The van der Waals surface area contributed by atoms with Crippen LogP contribution in [0.4, 0.5) is 10.2 Å². The van der Waals surface area contributed by atoms with Crippen LogP contribution in [0.5, 0.6) is 0 Å². The predicted octanol–water partition coefficient (Wildman–Crippen LogP) is 5.51. The van der Waals surface area contributed by atoms with Crippen LogP contribution in [-0.2, 0) is 11.2 Å². The number of nitrogens with zero attached hydrogens (tertiary/aromatic N) is 1. The Morgan fingerprint density at radius 2 is 1.86 bits per heavy atom. The van der Waals surface area contributed by atoms with Gasteiger partial charge < -0.3 is 5.32 Å². The molecule has 0 aliphatic heterocycles. The molecule has 0 radical (unpaired) electrons. The highest BCUT2D eigenvalue weighted by Gasteiger charge is 2.14. The largest absolute Gasteiger partial charge is 0.308 e. The van der Waals surface area contributed by atoms with Crippen molar-refractivity contribution in [1.82, 2.24) is 10.2 Å². The number of carbonyl (C=O) groups is 1. The van der Waals surface area contributed by atoms with E-state index in [0.29, 0.717) is 16.4 Å². The molecular weight excluding hydrogens is 377 g/mol. The molecule has 0 saturated heterocycles. The lowest BCUT2D eigenvalue weighted by atomic mass is 9.98. The molecule has 3 aromatic carbocycles. The van der Waals surface area contributed by atoms with Gasteiger partial charge in [-0.1, -0.05) is 41.9 Å². The summed E-state index contributed by atoms with van der Waals surface area (Å²) in [5.41, 5.74) is 3.83. The Balaban J connectivity index is 1.65. The van der Waals surface area contributed by atoms with E-state index >= 15 is 0 Å². The van der Waals surface area contributed by atoms with Crippen molar-refractivity contribution in [2.45, 2.75) is 13.3 Å². The molecule has 4 aromatic rings. The predicted molar refractivity (Wildman–Crippen MR) is 110 cm³/mol. The quantitative estimate of drug-likeness (QED) is 0.480. The van der Waals surface area contributed by atoms with Gasteiger partial charge in [-0.05, 0) is 53.9 Å². The smallest absolute Gasteiger partial charge is 0.230 e. The Morgan fingerprint density at radius 3 is 2.61 bits per heavy atom.